The first kappa shape index (κ1) is 19.2. The van der Waals surface area contributed by atoms with Crippen LogP contribution in [0.5, 0.6) is 0 Å². The Morgan fingerprint density at radius 3 is 2.26 bits per heavy atom. The third kappa shape index (κ3) is 3.30. The summed E-state index contributed by atoms with van der Waals surface area (Å²) in [6.45, 7) is 2.03. The zero-order valence-electron chi connectivity index (χ0n) is 16.7. The normalized spacial score (nSPS) is 12.8. The molecule has 8 heteroatoms. The summed E-state index contributed by atoms with van der Waals surface area (Å²) >= 11 is 0. The van der Waals surface area contributed by atoms with Crippen LogP contribution in [0.3, 0.4) is 0 Å². The lowest BCUT2D eigenvalue weighted by Gasteiger charge is -2.17. The van der Waals surface area contributed by atoms with Crippen molar-refractivity contribution >= 4 is 32.2 Å². The van der Waals surface area contributed by atoms with Gasteiger partial charge in [0.2, 0.25) is 14.9 Å². The molecule has 3 aromatic carbocycles. The Morgan fingerprint density at radius 1 is 0.871 bits per heavy atom. The molecule has 0 fully saturated rings. The maximum absolute atomic E-state index is 13.2. The number of para-hydroxylation sites is 1. The van der Waals surface area contributed by atoms with Crippen molar-refractivity contribution in [1.82, 2.24) is 19.8 Å². The summed E-state index contributed by atoms with van der Waals surface area (Å²) in [4.78, 5) is 4.82. The molecule has 154 valence electrons. The summed E-state index contributed by atoms with van der Waals surface area (Å²) in [6.07, 6.45) is 0. The predicted molar refractivity (Wildman–Crippen MR) is 119 cm³/mol. The van der Waals surface area contributed by atoms with Crippen LogP contribution >= 0.6 is 0 Å². The van der Waals surface area contributed by atoms with Gasteiger partial charge in [0.15, 0.2) is 5.65 Å². The highest BCUT2D eigenvalue weighted by molar-refractivity contribution is 7.91. The van der Waals surface area contributed by atoms with E-state index < -0.39 is 9.84 Å². The van der Waals surface area contributed by atoms with Gasteiger partial charge in [0.05, 0.1) is 10.4 Å². The topological polar surface area (TPSA) is 89.2 Å². The van der Waals surface area contributed by atoms with Crippen molar-refractivity contribution in [3.05, 3.63) is 90.5 Å². The highest BCUT2D eigenvalue weighted by atomic mass is 32.2. The number of nitrogens with zero attached hydrogens (tertiary/aromatic N) is 4. The number of rotatable bonds is 5. The van der Waals surface area contributed by atoms with E-state index in [1.54, 1.807) is 18.2 Å². The second kappa shape index (κ2) is 7.48. The minimum Gasteiger partial charge on any atom is -0.363 e. The number of hydrogen-bond donors (Lipinski definition) is 1. The zero-order valence-corrected chi connectivity index (χ0v) is 17.5. The van der Waals surface area contributed by atoms with Gasteiger partial charge in [-0.15, -0.1) is 5.10 Å². The maximum atomic E-state index is 13.2. The Bertz CT molecular complexity index is 1480. The summed E-state index contributed by atoms with van der Waals surface area (Å²) in [7, 11) is -3.87. The third-order valence-corrected chi connectivity index (χ3v) is 6.85. The van der Waals surface area contributed by atoms with E-state index in [1.807, 2.05) is 61.5 Å². The van der Waals surface area contributed by atoms with E-state index in [4.69, 9.17) is 0 Å². The molecule has 2 heterocycles. The van der Waals surface area contributed by atoms with Crippen molar-refractivity contribution < 1.29 is 8.42 Å². The number of benzene rings is 3. The van der Waals surface area contributed by atoms with E-state index >= 15 is 0 Å². The Hall–Kier alpha value is -3.78. The predicted octanol–water partition coefficient (Wildman–Crippen LogP) is 4.28. The molecular formula is C23H19N5O2S. The van der Waals surface area contributed by atoms with Gasteiger partial charge in [-0.1, -0.05) is 65.9 Å². The van der Waals surface area contributed by atoms with Gasteiger partial charge in [-0.25, -0.2) is 13.4 Å². The van der Waals surface area contributed by atoms with E-state index in [1.165, 1.54) is 16.6 Å². The number of anilines is 1. The largest absolute Gasteiger partial charge is 0.363 e. The fraction of sp³-hybridized carbons (Fsp3) is 0.0870. The van der Waals surface area contributed by atoms with Crippen LogP contribution in [0.15, 0.2) is 94.9 Å². The molecule has 5 rings (SSSR count). The number of aromatic nitrogens is 4. The Kier molecular flexibility index (Phi) is 4.63. The molecule has 0 amide bonds. The minimum absolute atomic E-state index is 0.0374. The van der Waals surface area contributed by atoms with Crippen molar-refractivity contribution in [3.8, 4) is 0 Å². The molecule has 0 radical (unpaired) electrons. The van der Waals surface area contributed by atoms with E-state index in [-0.39, 0.29) is 21.6 Å². The second-order valence-corrected chi connectivity index (χ2v) is 9.07. The van der Waals surface area contributed by atoms with Gasteiger partial charge in [-0.05, 0) is 36.8 Å². The molecule has 1 N–H and O–H groups in total. The molecule has 31 heavy (non-hydrogen) atoms. The molecule has 1 atom stereocenters. The first-order valence-corrected chi connectivity index (χ1v) is 11.3. The average molecular weight is 430 g/mol. The lowest BCUT2D eigenvalue weighted by molar-refractivity contribution is 0.592. The van der Waals surface area contributed by atoms with Crippen LogP contribution in [0, 0.1) is 0 Å². The van der Waals surface area contributed by atoms with Gasteiger partial charge >= 0.3 is 0 Å². The van der Waals surface area contributed by atoms with Crippen molar-refractivity contribution in [2.75, 3.05) is 5.32 Å². The van der Waals surface area contributed by atoms with Crippen molar-refractivity contribution in [2.24, 2.45) is 0 Å². The monoisotopic (exact) mass is 429 g/mol. The van der Waals surface area contributed by atoms with Gasteiger partial charge in [-0.2, -0.15) is 4.52 Å². The number of nitrogens with one attached hydrogen (secondary N) is 1. The molecule has 5 aromatic rings. The van der Waals surface area contributed by atoms with Crippen LogP contribution in [0.4, 0.5) is 5.82 Å². The summed E-state index contributed by atoms with van der Waals surface area (Å²) in [5.74, 6) is 0.575. The highest BCUT2D eigenvalue weighted by Gasteiger charge is 2.27. The van der Waals surface area contributed by atoms with Crippen molar-refractivity contribution in [1.29, 1.82) is 0 Å². The summed E-state index contributed by atoms with van der Waals surface area (Å²) in [5.41, 5.74) is 2.00. The lowest BCUT2D eigenvalue weighted by atomic mass is 10.1. The first-order valence-electron chi connectivity index (χ1n) is 9.81. The summed E-state index contributed by atoms with van der Waals surface area (Å²) in [5, 5.41) is 12.2. The lowest BCUT2D eigenvalue weighted by Crippen LogP contribution is -2.10. The van der Waals surface area contributed by atoms with Crippen molar-refractivity contribution in [2.45, 2.75) is 22.9 Å². The number of sulfone groups is 1. The Labute approximate surface area is 179 Å². The quantitative estimate of drug-likeness (QED) is 0.448. The van der Waals surface area contributed by atoms with E-state index in [0.717, 1.165) is 16.5 Å². The van der Waals surface area contributed by atoms with Crippen LogP contribution in [-0.4, -0.2) is 28.2 Å². The second-order valence-electron chi connectivity index (χ2n) is 7.20. The van der Waals surface area contributed by atoms with Gasteiger partial charge in [0, 0.05) is 11.4 Å². The molecule has 0 aliphatic carbocycles. The molecule has 0 aliphatic heterocycles. The standard InChI is InChI=1S/C23H19N5O2S/c1-16(17-10-4-2-5-11-17)24-21-19-14-8-9-15-20(19)28-22(25-21)23(26-27-28)31(29,30)18-12-6-3-7-13-18/h2-16H,1H3,(H,24,25)/t16-/m0/s1. The number of hydrogen-bond acceptors (Lipinski definition) is 6. The van der Waals surface area contributed by atoms with Crippen molar-refractivity contribution in [3.63, 3.8) is 0 Å². The van der Waals surface area contributed by atoms with Gasteiger partial charge in [0.1, 0.15) is 5.82 Å². The molecule has 0 saturated carbocycles. The van der Waals surface area contributed by atoms with Crippen LogP contribution in [0.2, 0.25) is 0 Å². The van der Waals surface area contributed by atoms with Gasteiger partial charge in [-0.3, -0.25) is 0 Å². The van der Waals surface area contributed by atoms with Crippen LogP contribution in [0.1, 0.15) is 18.5 Å². The molecule has 0 bridgehead atoms. The molecule has 2 aromatic heterocycles. The fourth-order valence-electron chi connectivity index (χ4n) is 3.57. The molecule has 0 aliphatic rings. The summed E-state index contributed by atoms with van der Waals surface area (Å²) in [6, 6.07) is 25.7. The van der Waals surface area contributed by atoms with E-state index in [9.17, 15) is 8.42 Å². The molecule has 0 unspecified atom stereocenters. The Balaban J connectivity index is 1.70. The average Bonchev–Trinajstić information content (AvgIpc) is 3.25. The number of fused-ring (bicyclic) bond motifs is 3. The molecule has 0 spiro atoms. The zero-order chi connectivity index (χ0) is 21.4. The third-order valence-electron chi connectivity index (χ3n) is 5.18. The van der Waals surface area contributed by atoms with Gasteiger partial charge in [0.25, 0.3) is 0 Å². The molecule has 0 saturated heterocycles. The maximum Gasteiger partial charge on any atom is 0.229 e. The van der Waals surface area contributed by atoms with Crippen LogP contribution in [-0.2, 0) is 9.84 Å². The molecule has 7 nitrogen and oxygen atoms in total. The van der Waals surface area contributed by atoms with E-state index in [0.29, 0.717) is 5.82 Å². The first-order chi connectivity index (χ1) is 15.1. The fourth-order valence-corrected chi connectivity index (χ4v) is 4.83. The highest BCUT2D eigenvalue weighted by Crippen LogP contribution is 2.29. The van der Waals surface area contributed by atoms with Crippen LogP contribution in [0.25, 0.3) is 16.6 Å². The Morgan fingerprint density at radius 2 is 1.52 bits per heavy atom. The minimum atomic E-state index is -3.87. The summed E-state index contributed by atoms with van der Waals surface area (Å²) < 4.78 is 27.9. The molecular weight excluding hydrogens is 410 g/mol. The smallest absolute Gasteiger partial charge is 0.229 e. The van der Waals surface area contributed by atoms with Gasteiger partial charge < -0.3 is 5.32 Å². The van der Waals surface area contributed by atoms with E-state index in [2.05, 4.69) is 20.6 Å². The van der Waals surface area contributed by atoms with Crippen LogP contribution < -0.4 is 5.32 Å². The SMILES string of the molecule is C[C@H](Nc1nc2c(S(=O)(=O)c3ccccc3)nnn2c2ccccc12)c1ccccc1.